The molecule has 0 N–H and O–H groups in total. The third kappa shape index (κ3) is 3.46. The van der Waals surface area contributed by atoms with Crippen LogP contribution in [0.5, 0.6) is 5.75 Å². The Morgan fingerprint density at radius 2 is 1.73 bits per heavy atom. The number of benzene rings is 2. The van der Waals surface area contributed by atoms with Gasteiger partial charge >= 0.3 is 5.63 Å². The number of ether oxygens (including phenoxy) is 2. The second-order valence-corrected chi connectivity index (χ2v) is 8.08. The summed E-state index contributed by atoms with van der Waals surface area (Å²) in [7, 11) is 0. The van der Waals surface area contributed by atoms with Gasteiger partial charge in [-0.2, -0.15) is 0 Å². The number of fused-ring (bicyclic) bond motifs is 3. The van der Waals surface area contributed by atoms with E-state index in [1.807, 2.05) is 19.1 Å². The van der Waals surface area contributed by atoms with Crippen LogP contribution in [0.3, 0.4) is 0 Å². The fraction of sp³-hybridized carbons (Fsp3) is 0.375. The van der Waals surface area contributed by atoms with E-state index in [9.17, 15) is 4.79 Å². The minimum atomic E-state index is -0.280. The van der Waals surface area contributed by atoms with Crippen molar-refractivity contribution >= 4 is 16.7 Å². The highest BCUT2D eigenvalue weighted by atomic mass is 16.5. The van der Waals surface area contributed by atoms with E-state index in [2.05, 4.69) is 34.1 Å². The topological polar surface area (TPSA) is 55.2 Å². The average molecular weight is 406 g/mol. The van der Waals surface area contributed by atoms with Gasteiger partial charge in [0, 0.05) is 36.3 Å². The monoisotopic (exact) mass is 406 g/mol. The Bertz CT molecular complexity index is 1130. The predicted octanol–water partition coefficient (Wildman–Crippen LogP) is 3.60. The molecule has 3 aromatic rings. The highest BCUT2D eigenvalue weighted by molar-refractivity contribution is 5.86. The van der Waals surface area contributed by atoms with Gasteiger partial charge in [-0.05, 0) is 49.2 Å². The van der Waals surface area contributed by atoms with Crippen molar-refractivity contribution in [3.05, 3.63) is 69.1 Å². The maximum absolute atomic E-state index is 12.3. The first-order valence-electron chi connectivity index (χ1n) is 10.4. The maximum atomic E-state index is 12.3. The number of aryl methyl sites for hydroxylation is 1. The third-order valence-corrected chi connectivity index (χ3v) is 6.22. The molecule has 6 nitrogen and oxygen atoms in total. The van der Waals surface area contributed by atoms with Crippen molar-refractivity contribution in [1.29, 1.82) is 0 Å². The van der Waals surface area contributed by atoms with E-state index in [1.54, 1.807) is 6.92 Å². The number of morpholine rings is 1. The van der Waals surface area contributed by atoms with E-state index >= 15 is 0 Å². The summed E-state index contributed by atoms with van der Waals surface area (Å²) in [5, 5.41) is 0.970. The molecule has 0 radical (unpaired) electrons. The van der Waals surface area contributed by atoms with Gasteiger partial charge in [-0.1, -0.05) is 12.1 Å². The Hall–Kier alpha value is -2.83. The lowest BCUT2D eigenvalue weighted by Crippen LogP contribution is -2.35. The molecule has 2 aromatic carbocycles. The highest BCUT2D eigenvalue weighted by Crippen LogP contribution is 2.35. The number of nitrogens with zero attached hydrogens (tertiary/aromatic N) is 2. The summed E-state index contributed by atoms with van der Waals surface area (Å²) in [4.78, 5) is 16.8. The molecule has 0 saturated carbocycles. The number of hydrogen-bond donors (Lipinski definition) is 0. The van der Waals surface area contributed by atoms with Crippen LogP contribution in [0, 0.1) is 13.8 Å². The summed E-state index contributed by atoms with van der Waals surface area (Å²) >= 11 is 0. The van der Waals surface area contributed by atoms with Gasteiger partial charge in [0.25, 0.3) is 0 Å². The molecule has 0 unspecified atom stereocenters. The maximum Gasteiger partial charge on any atom is 0.339 e. The van der Waals surface area contributed by atoms with E-state index in [0.717, 1.165) is 60.8 Å². The Balaban J connectivity index is 1.40. The molecule has 2 aliphatic heterocycles. The van der Waals surface area contributed by atoms with E-state index in [1.165, 1.54) is 5.56 Å². The highest BCUT2D eigenvalue weighted by Gasteiger charge is 2.23. The van der Waals surface area contributed by atoms with Crippen LogP contribution >= 0.6 is 0 Å². The molecular formula is C24H26N2O4. The van der Waals surface area contributed by atoms with Gasteiger partial charge in [-0.25, -0.2) is 4.79 Å². The minimum absolute atomic E-state index is 0.280. The van der Waals surface area contributed by atoms with Crippen LogP contribution in [-0.2, 0) is 17.8 Å². The summed E-state index contributed by atoms with van der Waals surface area (Å²) < 4.78 is 17.1. The van der Waals surface area contributed by atoms with Crippen LogP contribution in [0.15, 0.2) is 45.6 Å². The van der Waals surface area contributed by atoms with Crippen LogP contribution in [0.2, 0.25) is 0 Å². The van der Waals surface area contributed by atoms with E-state index in [4.69, 9.17) is 13.9 Å². The second kappa shape index (κ2) is 7.78. The number of hydrogen-bond acceptors (Lipinski definition) is 6. The molecule has 0 bridgehead atoms. The largest absolute Gasteiger partial charge is 0.473 e. The summed E-state index contributed by atoms with van der Waals surface area (Å²) in [5.74, 6) is 0.786. The van der Waals surface area contributed by atoms with E-state index in [-0.39, 0.29) is 5.63 Å². The minimum Gasteiger partial charge on any atom is -0.473 e. The van der Waals surface area contributed by atoms with Crippen LogP contribution in [0.25, 0.3) is 11.0 Å². The molecule has 0 amide bonds. The van der Waals surface area contributed by atoms with E-state index < -0.39 is 0 Å². The first-order valence-corrected chi connectivity index (χ1v) is 10.4. The Kier molecular flexibility index (Phi) is 4.97. The Morgan fingerprint density at radius 1 is 0.967 bits per heavy atom. The van der Waals surface area contributed by atoms with E-state index in [0.29, 0.717) is 24.4 Å². The van der Waals surface area contributed by atoms with Crippen molar-refractivity contribution in [2.75, 3.05) is 37.9 Å². The van der Waals surface area contributed by atoms with Crippen molar-refractivity contribution in [2.24, 2.45) is 0 Å². The zero-order valence-corrected chi connectivity index (χ0v) is 17.4. The average Bonchev–Trinajstić information content (AvgIpc) is 2.78. The molecule has 1 fully saturated rings. The SMILES string of the molecule is Cc1c(C)c2ccc3c(c2oc1=O)CN(c1ccc(CN2CCOCC2)cc1)CO3. The lowest BCUT2D eigenvalue weighted by Gasteiger charge is -2.31. The predicted molar refractivity (Wildman–Crippen MR) is 116 cm³/mol. The summed E-state index contributed by atoms with van der Waals surface area (Å²) in [6, 6.07) is 12.6. The number of rotatable bonds is 3. The Morgan fingerprint density at radius 3 is 2.50 bits per heavy atom. The molecule has 30 heavy (non-hydrogen) atoms. The van der Waals surface area contributed by atoms with Crippen molar-refractivity contribution in [1.82, 2.24) is 4.90 Å². The van der Waals surface area contributed by atoms with Gasteiger partial charge < -0.3 is 18.8 Å². The van der Waals surface area contributed by atoms with Crippen LogP contribution in [0.1, 0.15) is 22.3 Å². The molecule has 0 aliphatic carbocycles. The van der Waals surface area contributed by atoms with Crippen LogP contribution in [0.4, 0.5) is 5.69 Å². The Labute approximate surface area is 175 Å². The molecule has 5 rings (SSSR count). The molecular weight excluding hydrogens is 380 g/mol. The fourth-order valence-corrected chi connectivity index (χ4v) is 4.21. The molecule has 6 heteroatoms. The molecule has 0 atom stereocenters. The first-order chi connectivity index (χ1) is 14.6. The normalized spacial score (nSPS) is 17.1. The molecule has 1 saturated heterocycles. The molecule has 2 aliphatic rings. The quantitative estimate of drug-likeness (QED) is 0.620. The van der Waals surface area contributed by atoms with Gasteiger partial charge in [0.05, 0.1) is 25.3 Å². The number of anilines is 1. The van der Waals surface area contributed by atoms with Crippen molar-refractivity contribution < 1.29 is 13.9 Å². The van der Waals surface area contributed by atoms with Crippen LogP contribution < -0.4 is 15.3 Å². The smallest absolute Gasteiger partial charge is 0.339 e. The van der Waals surface area contributed by atoms with Gasteiger partial charge in [0.2, 0.25) is 0 Å². The lowest BCUT2D eigenvalue weighted by molar-refractivity contribution is 0.0342. The lowest BCUT2D eigenvalue weighted by atomic mass is 10.0. The zero-order chi connectivity index (χ0) is 20.7. The van der Waals surface area contributed by atoms with Crippen LogP contribution in [-0.4, -0.2) is 37.9 Å². The standard InChI is InChI=1S/C24H26N2O4/c1-16-17(2)24(27)30-23-20(16)7-8-22-21(23)14-26(15-29-22)19-5-3-18(4-6-19)13-25-9-11-28-12-10-25/h3-8H,9-15H2,1-2H3. The molecule has 0 spiro atoms. The second-order valence-electron chi connectivity index (χ2n) is 8.08. The zero-order valence-electron chi connectivity index (χ0n) is 17.4. The summed E-state index contributed by atoms with van der Waals surface area (Å²) in [6.45, 7) is 9.41. The summed E-state index contributed by atoms with van der Waals surface area (Å²) in [6.07, 6.45) is 0. The van der Waals surface area contributed by atoms with Gasteiger partial charge in [0.15, 0.2) is 6.73 Å². The molecule has 1 aromatic heterocycles. The van der Waals surface area contributed by atoms with Crippen molar-refractivity contribution in [3.63, 3.8) is 0 Å². The van der Waals surface area contributed by atoms with Gasteiger partial charge in [-0.15, -0.1) is 0 Å². The van der Waals surface area contributed by atoms with Crippen molar-refractivity contribution in [2.45, 2.75) is 26.9 Å². The molecule has 3 heterocycles. The van der Waals surface area contributed by atoms with Crippen molar-refractivity contribution in [3.8, 4) is 5.75 Å². The third-order valence-electron chi connectivity index (χ3n) is 6.22. The fourth-order valence-electron chi connectivity index (χ4n) is 4.21. The summed E-state index contributed by atoms with van der Waals surface area (Å²) in [5.41, 5.74) is 5.29. The van der Waals surface area contributed by atoms with Gasteiger partial charge in [-0.3, -0.25) is 4.90 Å². The first kappa shape index (κ1) is 19.2. The van der Waals surface area contributed by atoms with Gasteiger partial charge in [0.1, 0.15) is 11.3 Å². The molecule has 156 valence electrons.